The first-order valence-corrected chi connectivity index (χ1v) is 8.85. The topological polar surface area (TPSA) is 78.8 Å². The van der Waals surface area contributed by atoms with Gasteiger partial charge in [0.15, 0.2) is 0 Å². The fourth-order valence-electron chi connectivity index (χ4n) is 2.69. The fourth-order valence-corrected chi connectivity index (χ4v) is 4.09. The average Bonchev–Trinajstić information content (AvgIpc) is 2.90. The van der Waals surface area contributed by atoms with Crippen molar-refractivity contribution in [2.24, 2.45) is 4.99 Å². The molecule has 0 saturated heterocycles. The van der Waals surface area contributed by atoms with E-state index in [-0.39, 0.29) is 185 Å². The van der Waals surface area contributed by atoms with Crippen molar-refractivity contribution in [3.05, 3.63) is 52.1 Å². The summed E-state index contributed by atoms with van der Waals surface area (Å²) in [6.07, 6.45) is 3.45. The maximum Gasteiger partial charge on any atom is 0.228 e. The zero-order valence-electron chi connectivity index (χ0n) is 16.8. The molecular formula is C17H17N3O3SY5-2. The molecule has 1 aromatic rings. The molecule has 0 unspecified atom stereocenters. The molecule has 0 fully saturated rings. The second-order valence-corrected chi connectivity index (χ2v) is 7.79. The third kappa shape index (κ3) is 7.81. The number of Topliss-reactive ketones (excluding diaryl/α,β-unsaturated/α-hetero) is 1. The Kier molecular flexibility index (Phi) is 19.2. The van der Waals surface area contributed by atoms with E-state index in [4.69, 9.17) is 0 Å². The molecular weight excluding hydrogens is 771 g/mol. The van der Waals surface area contributed by atoms with Crippen LogP contribution in [0.5, 0.6) is 0 Å². The quantitative estimate of drug-likeness (QED) is 0.368. The summed E-state index contributed by atoms with van der Waals surface area (Å²) in [6.45, 7) is 5.33. The number of likely N-dealkylation sites (N-methyl/N-ethyl adjacent to an activating group) is 1. The smallest absolute Gasteiger partial charge is 0.228 e. The van der Waals surface area contributed by atoms with Gasteiger partial charge in [-0.1, -0.05) is 25.8 Å². The maximum absolute atomic E-state index is 12.9. The van der Waals surface area contributed by atoms with Crippen LogP contribution in [0.1, 0.15) is 36.2 Å². The van der Waals surface area contributed by atoms with Crippen molar-refractivity contribution in [3.8, 4) is 0 Å². The minimum atomic E-state index is -3.79. The maximum atomic E-state index is 12.9. The Morgan fingerprint density at radius 3 is 2.24 bits per heavy atom. The number of aliphatic imine (C=N–C) groups is 1. The van der Waals surface area contributed by atoms with Gasteiger partial charge in [-0.25, -0.2) is 8.42 Å². The van der Waals surface area contributed by atoms with Crippen LogP contribution in [0.3, 0.4) is 0 Å². The van der Waals surface area contributed by atoms with Gasteiger partial charge in [-0.2, -0.15) is 6.21 Å². The third-order valence-electron chi connectivity index (χ3n) is 4.05. The van der Waals surface area contributed by atoms with Gasteiger partial charge < -0.3 is 15.1 Å². The van der Waals surface area contributed by atoms with Gasteiger partial charge in [0.1, 0.15) is 5.78 Å². The van der Waals surface area contributed by atoms with Crippen molar-refractivity contribution in [2.45, 2.75) is 32.1 Å². The molecule has 12 heteroatoms. The van der Waals surface area contributed by atoms with Crippen LogP contribution in [0.15, 0.2) is 44.8 Å². The second kappa shape index (κ2) is 15.2. The monoisotopic (exact) mass is 788 g/mol. The van der Waals surface area contributed by atoms with E-state index in [1.807, 2.05) is 6.92 Å². The van der Waals surface area contributed by atoms with Crippen LogP contribution in [0.25, 0.3) is 0 Å². The van der Waals surface area contributed by atoms with Crippen molar-refractivity contribution in [1.82, 2.24) is 9.62 Å². The van der Waals surface area contributed by atoms with Crippen LogP contribution in [0.2, 0.25) is 0 Å². The van der Waals surface area contributed by atoms with Crippen molar-refractivity contribution >= 4 is 22.0 Å². The van der Waals surface area contributed by atoms with Gasteiger partial charge in [0, 0.05) is 181 Å². The van der Waals surface area contributed by atoms with Crippen LogP contribution in [0.4, 0.5) is 0 Å². The van der Waals surface area contributed by atoms with Gasteiger partial charge >= 0.3 is 0 Å². The second-order valence-electron chi connectivity index (χ2n) is 5.86. The van der Waals surface area contributed by atoms with E-state index in [1.165, 1.54) is 13.1 Å². The molecule has 29 heavy (non-hydrogen) atoms. The van der Waals surface area contributed by atoms with Gasteiger partial charge in [0.25, 0.3) is 0 Å². The molecule has 6 nitrogen and oxygen atoms in total. The molecule has 0 aliphatic carbocycles. The van der Waals surface area contributed by atoms with E-state index < -0.39 is 10.0 Å². The summed E-state index contributed by atoms with van der Waals surface area (Å²) in [6, 6.07) is 5.96. The zero-order valence-corrected chi connectivity index (χ0v) is 31.8. The number of allylic oxidation sites excluding steroid dienone is 3. The van der Waals surface area contributed by atoms with Crippen LogP contribution in [0, 0.1) is 13.0 Å². The summed E-state index contributed by atoms with van der Waals surface area (Å²) in [4.78, 5) is 16.9. The van der Waals surface area contributed by atoms with Crippen LogP contribution < -0.4 is 5.32 Å². The third-order valence-corrected chi connectivity index (χ3v) is 5.85. The van der Waals surface area contributed by atoms with Crippen LogP contribution >= 0.6 is 0 Å². The minimum absolute atomic E-state index is 0. The summed E-state index contributed by atoms with van der Waals surface area (Å²) < 4.78 is 26.5. The van der Waals surface area contributed by atoms with Gasteiger partial charge in [-0.05, 0) is 12.7 Å². The van der Waals surface area contributed by atoms with Crippen molar-refractivity contribution < 1.29 is 177 Å². The van der Waals surface area contributed by atoms with Gasteiger partial charge in [0.05, 0.1) is 5.70 Å². The first-order valence-electron chi connectivity index (χ1n) is 7.41. The van der Waals surface area contributed by atoms with E-state index in [9.17, 15) is 13.2 Å². The van der Waals surface area contributed by atoms with Crippen molar-refractivity contribution in [3.63, 3.8) is 0 Å². The van der Waals surface area contributed by atoms with E-state index >= 15 is 0 Å². The predicted molar refractivity (Wildman–Crippen MR) is 89.9 cm³/mol. The summed E-state index contributed by atoms with van der Waals surface area (Å²) in [7, 11) is -2.41. The standard InChI is InChI=1S/C17H17N3O3S.5Y/c1-10-5-6-14-13(9-10)16(21)15(20(4)24(14,22)23)12(3)19-17-11(2)7-8-18-17;;;;;/h5-6,19H,7H2,1-4H3;;;;;/q-2;;;;;/b15-12-;;;;;. The Bertz CT molecular complexity index is 959. The first kappa shape index (κ1) is 36.7. The Labute approximate surface area is 298 Å². The SMILES string of the molecule is CC1=C(N/C(C)=C2/C(=O)c3[c-]c(C)ccc3S(=O)(=O)N2C)N=[C-]C1.[Y].[Y].[Y].[Y].[Y]. The van der Waals surface area contributed by atoms with E-state index in [0.29, 0.717) is 23.5 Å². The number of carbonyl (C=O) groups is 1. The van der Waals surface area contributed by atoms with E-state index in [2.05, 4.69) is 22.6 Å². The summed E-state index contributed by atoms with van der Waals surface area (Å²) in [5.74, 6) is 0.220. The first-order chi connectivity index (χ1) is 11.2. The molecule has 141 valence electrons. The summed E-state index contributed by atoms with van der Waals surface area (Å²) in [5, 5.41) is 3.03. The number of sulfonamides is 1. The van der Waals surface area contributed by atoms with Gasteiger partial charge in [-0.3, -0.25) is 4.31 Å². The number of ketones is 1. The number of nitrogens with zero attached hydrogens (tertiary/aromatic N) is 2. The molecule has 5 radical (unpaired) electrons. The number of fused-ring (bicyclic) bond motifs is 1. The zero-order chi connectivity index (χ0) is 17.6. The normalized spacial score (nSPS) is 17.5. The predicted octanol–water partition coefficient (Wildman–Crippen LogP) is 2.00. The van der Waals surface area contributed by atoms with Crippen LogP contribution in [-0.2, 0) is 174 Å². The molecule has 0 aromatic heterocycles. The molecule has 2 heterocycles. The molecule has 0 amide bonds. The molecule has 1 aromatic carbocycles. The number of hydrogen-bond donors (Lipinski definition) is 1. The molecule has 0 bridgehead atoms. The summed E-state index contributed by atoms with van der Waals surface area (Å²) >= 11 is 0. The fraction of sp³-hybridized carbons (Fsp3) is 0.294. The number of carbonyl (C=O) groups excluding carboxylic acids is 1. The molecule has 2 aliphatic heterocycles. The Morgan fingerprint density at radius 2 is 1.72 bits per heavy atom. The average molecular weight is 788 g/mol. The number of rotatable bonds is 2. The number of hydrogen-bond acceptors (Lipinski definition) is 5. The number of benzene rings is 1. The van der Waals surface area contributed by atoms with Crippen molar-refractivity contribution in [2.75, 3.05) is 7.05 Å². The molecule has 3 rings (SSSR count). The molecule has 0 spiro atoms. The number of aryl methyl sites for hydroxylation is 1. The Morgan fingerprint density at radius 1 is 1.14 bits per heavy atom. The van der Waals surface area contributed by atoms with Gasteiger partial charge in [-0.15, -0.1) is 29.3 Å². The van der Waals surface area contributed by atoms with Gasteiger partial charge in [0.2, 0.25) is 10.0 Å². The van der Waals surface area contributed by atoms with Crippen LogP contribution in [-0.4, -0.2) is 31.8 Å². The molecule has 0 saturated carbocycles. The van der Waals surface area contributed by atoms with E-state index in [1.54, 1.807) is 19.9 Å². The Balaban J connectivity index is -0.00000135. The minimum Gasteiger partial charge on any atom is -0.442 e. The van der Waals surface area contributed by atoms with E-state index in [0.717, 1.165) is 9.88 Å². The molecule has 1 N–H and O–H groups in total. The van der Waals surface area contributed by atoms with Crippen molar-refractivity contribution in [1.29, 1.82) is 0 Å². The summed E-state index contributed by atoms with van der Waals surface area (Å²) in [5.41, 5.74) is 2.27. The largest absolute Gasteiger partial charge is 0.442 e. The molecule has 0 atom stereocenters. The molecule has 2 aliphatic rings. The number of nitrogens with one attached hydrogen (secondary N) is 1. The Hall–Kier alpha value is 3.11.